The van der Waals surface area contributed by atoms with Gasteiger partial charge in [0.1, 0.15) is 6.04 Å². The fourth-order valence-electron chi connectivity index (χ4n) is 2.60. The zero-order valence-corrected chi connectivity index (χ0v) is 18.0. The number of rotatable bonds is 9. The lowest BCUT2D eigenvalue weighted by atomic mass is 10.1. The molecule has 10 nitrogen and oxygen atoms in total. The van der Waals surface area contributed by atoms with Crippen molar-refractivity contribution in [1.82, 2.24) is 4.72 Å². The number of nitrogens with zero attached hydrogens (tertiary/aromatic N) is 1. The number of aryl methyl sites for hydroxylation is 1. The summed E-state index contributed by atoms with van der Waals surface area (Å²) >= 11 is 0. The Morgan fingerprint density at radius 2 is 1.77 bits per heavy atom. The second kappa shape index (κ2) is 10.1. The second-order valence-electron chi connectivity index (χ2n) is 7.07. The molecular formula is C20H23N3O7S. The highest BCUT2D eigenvalue weighted by molar-refractivity contribution is 7.89. The van der Waals surface area contributed by atoms with Crippen molar-refractivity contribution in [3.8, 4) is 0 Å². The van der Waals surface area contributed by atoms with Gasteiger partial charge in [-0.1, -0.05) is 38.1 Å². The fraction of sp³-hybridized carbons (Fsp3) is 0.300. The Labute approximate surface area is 179 Å². The smallest absolute Gasteiger partial charge is 0.324 e. The highest BCUT2D eigenvalue weighted by Gasteiger charge is 2.30. The number of nitro groups is 1. The van der Waals surface area contributed by atoms with Crippen LogP contribution in [0.1, 0.15) is 19.4 Å². The molecule has 1 atom stereocenters. The van der Waals surface area contributed by atoms with Gasteiger partial charge in [-0.05, 0) is 31.0 Å². The zero-order chi connectivity index (χ0) is 23.2. The first-order valence-corrected chi connectivity index (χ1v) is 10.8. The molecule has 0 bridgehead atoms. The van der Waals surface area contributed by atoms with Crippen LogP contribution in [0, 0.1) is 23.0 Å². The Kier molecular flexibility index (Phi) is 7.83. The first-order chi connectivity index (χ1) is 14.5. The molecule has 0 radical (unpaired) electrons. The minimum Gasteiger partial charge on any atom is -0.454 e. The minimum atomic E-state index is -3.97. The molecule has 0 unspecified atom stereocenters. The van der Waals surface area contributed by atoms with Crippen molar-refractivity contribution in [2.45, 2.75) is 31.7 Å². The molecule has 2 N–H and O–H groups in total. The summed E-state index contributed by atoms with van der Waals surface area (Å²) in [5, 5.41) is 13.4. The van der Waals surface area contributed by atoms with Gasteiger partial charge in [0, 0.05) is 17.3 Å². The van der Waals surface area contributed by atoms with Crippen LogP contribution < -0.4 is 10.0 Å². The quantitative estimate of drug-likeness (QED) is 0.340. The number of carbonyl (C=O) groups excluding carboxylic acids is 2. The van der Waals surface area contributed by atoms with Gasteiger partial charge in [-0.25, -0.2) is 8.42 Å². The highest BCUT2D eigenvalue weighted by Crippen LogP contribution is 2.22. The van der Waals surface area contributed by atoms with E-state index in [-0.39, 0.29) is 16.3 Å². The van der Waals surface area contributed by atoms with Crippen molar-refractivity contribution in [2.24, 2.45) is 5.92 Å². The maximum Gasteiger partial charge on any atom is 0.324 e. The van der Waals surface area contributed by atoms with Crippen molar-refractivity contribution >= 4 is 33.3 Å². The van der Waals surface area contributed by atoms with Crippen molar-refractivity contribution in [1.29, 1.82) is 0 Å². The van der Waals surface area contributed by atoms with Gasteiger partial charge in [-0.2, -0.15) is 4.72 Å². The number of benzene rings is 2. The highest BCUT2D eigenvalue weighted by atomic mass is 32.2. The molecule has 0 heterocycles. The number of nitro benzene ring substituents is 1. The zero-order valence-electron chi connectivity index (χ0n) is 17.2. The minimum absolute atomic E-state index is 0.00726. The first kappa shape index (κ1) is 24.0. The predicted molar refractivity (Wildman–Crippen MR) is 113 cm³/mol. The van der Waals surface area contributed by atoms with E-state index in [1.165, 1.54) is 30.3 Å². The molecular weight excluding hydrogens is 426 g/mol. The normalized spacial score (nSPS) is 12.3. The van der Waals surface area contributed by atoms with E-state index >= 15 is 0 Å². The van der Waals surface area contributed by atoms with Gasteiger partial charge in [-0.15, -0.1) is 0 Å². The van der Waals surface area contributed by atoms with Gasteiger partial charge in [0.15, 0.2) is 6.61 Å². The van der Waals surface area contributed by atoms with Crippen LogP contribution in [-0.4, -0.2) is 37.9 Å². The van der Waals surface area contributed by atoms with Crippen LogP contribution in [-0.2, 0) is 24.3 Å². The molecule has 2 aromatic carbocycles. The van der Waals surface area contributed by atoms with Crippen molar-refractivity contribution in [2.75, 3.05) is 11.9 Å². The van der Waals surface area contributed by atoms with Crippen molar-refractivity contribution < 1.29 is 27.7 Å². The number of hydrogen-bond acceptors (Lipinski definition) is 7. The number of ether oxygens (including phenoxy) is 1. The molecule has 0 saturated heterocycles. The van der Waals surface area contributed by atoms with Crippen LogP contribution in [0.5, 0.6) is 0 Å². The van der Waals surface area contributed by atoms with Crippen LogP contribution >= 0.6 is 0 Å². The number of nitrogens with one attached hydrogen (secondary N) is 2. The summed E-state index contributed by atoms with van der Waals surface area (Å²) in [6, 6.07) is 10.5. The molecule has 0 aliphatic heterocycles. The Balaban J connectivity index is 2.01. The molecule has 0 spiro atoms. The largest absolute Gasteiger partial charge is 0.454 e. The molecule has 11 heteroatoms. The number of anilines is 1. The molecule has 0 saturated carbocycles. The van der Waals surface area contributed by atoms with Crippen molar-refractivity contribution in [3.05, 3.63) is 64.2 Å². The average molecular weight is 449 g/mol. The van der Waals surface area contributed by atoms with Gasteiger partial charge < -0.3 is 10.1 Å². The Hall–Kier alpha value is -3.31. The van der Waals surface area contributed by atoms with Crippen LogP contribution in [0.4, 0.5) is 11.4 Å². The van der Waals surface area contributed by atoms with E-state index < -0.39 is 45.4 Å². The number of hydrogen-bond donors (Lipinski definition) is 2. The summed E-state index contributed by atoms with van der Waals surface area (Å²) in [5.41, 5.74) is 0.438. The van der Waals surface area contributed by atoms with E-state index in [1.54, 1.807) is 39.0 Å². The molecule has 166 valence electrons. The Morgan fingerprint density at radius 1 is 1.13 bits per heavy atom. The van der Waals surface area contributed by atoms with Gasteiger partial charge in [0.05, 0.1) is 9.82 Å². The van der Waals surface area contributed by atoms with Gasteiger partial charge >= 0.3 is 5.97 Å². The van der Waals surface area contributed by atoms with Crippen LogP contribution in [0.15, 0.2) is 53.4 Å². The lowest BCUT2D eigenvalue weighted by Crippen LogP contribution is -2.45. The van der Waals surface area contributed by atoms with E-state index in [4.69, 9.17) is 4.74 Å². The standard InChI is InChI=1S/C20H23N3O7S/c1-13(2)19(22-31(28,29)16-7-5-4-6-8-16)20(25)30-12-18(24)21-15-10-9-14(3)17(11-15)23(26)27/h4-11,13,19,22H,12H2,1-3H3,(H,21,24)/t19-/m1/s1. The second-order valence-corrected chi connectivity index (χ2v) is 8.78. The van der Waals surface area contributed by atoms with Gasteiger partial charge in [-0.3, -0.25) is 19.7 Å². The molecule has 0 aliphatic rings. The predicted octanol–water partition coefficient (Wildman–Crippen LogP) is 2.39. The number of amides is 1. The third kappa shape index (κ3) is 6.59. The lowest BCUT2D eigenvalue weighted by molar-refractivity contribution is -0.385. The van der Waals surface area contributed by atoms with Gasteiger partial charge in [0.2, 0.25) is 10.0 Å². The number of carbonyl (C=O) groups is 2. The summed E-state index contributed by atoms with van der Waals surface area (Å²) in [7, 11) is -3.97. The molecule has 2 rings (SSSR count). The van der Waals surface area contributed by atoms with Crippen LogP contribution in [0.25, 0.3) is 0 Å². The van der Waals surface area contributed by atoms with E-state index in [0.29, 0.717) is 5.56 Å². The molecule has 2 aromatic rings. The Bertz CT molecular complexity index is 1070. The van der Waals surface area contributed by atoms with Crippen LogP contribution in [0.2, 0.25) is 0 Å². The first-order valence-electron chi connectivity index (χ1n) is 9.30. The number of sulfonamides is 1. The van der Waals surface area contributed by atoms with E-state index in [0.717, 1.165) is 0 Å². The van der Waals surface area contributed by atoms with Gasteiger partial charge in [0.25, 0.3) is 11.6 Å². The summed E-state index contributed by atoms with van der Waals surface area (Å²) in [6.45, 7) is 4.14. The fourth-order valence-corrected chi connectivity index (χ4v) is 3.95. The third-order valence-electron chi connectivity index (χ3n) is 4.29. The van der Waals surface area contributed by atoms with E-state index in [9.17, 15) is 28.1 Å². The van der Waals surface area contributed by atoms with Crippen molar-refractivity contribution in [3.63, 3.8) is 0 Å². The summed E-state index contributed by atoms with van der Waals surface area (Å²) in [4.78, 5) is 34.9. The van der Waals surface area contributed by atoms with E-state index in [2.05, 4.69) is 10.0 Å². The van der Waals surface area contributed by atoms with E-state index in [1.807, 2.05) is 0 Å². The third-order valence-corrected chi connectivity index (χ3v) is 5.75. The lowest BCUT2D eigenvalue weighted by Gasteiger charge is -2.20. The molecule has 1 amide bonds. The summed E-state index contributed by atoms with van der Waals surface area (Å²) < 4.78 is 32.3. The average Bonchev–Trinajstić information content (AvgIpc) is 2.72. The summed E-state index contributed by atoms with van der Waals surface area (Å²) in [5.74, 6) is -2.09. The molecule has 0 aliphatic carbocycles. The SMILES string of the molecule is Cc1ccc(NC(=O)COC(=O)[C@H](NS(=O)(=O)c2ccccc2)C(C)C)cc1[N+](=O)[O-]. The number of esters is 1. The monoisotopic (exact) mass is 449 g/mol. The summed E-state index contributed by atoms with van der Waals surface area (Å²) in [6.07, 6.45) is 0. The topological polar surface area (TPSA) is 145 Å². The molecule has 0 fully saturated rings. The maximum absolute atomic E-state index is 12.5. The molecule has 0 aromatic heterocycles. The van der Waals surface area contributed by atoms with Crippen LogP contribution in [0.3, 0.4) is 0 Å². The molecule has 31 heavy (non-hydrogen) atoms. The Morgan fingerprint density at radius 3 is 2.35 bits per heavy atom. The maximum atomic E-state index is 12.5.